The summed E-state index contributed by atoms with van der Waals surface area (Å²) in [6, 6.07) is 1.27. The van der Waals surface area contributed by atoms with Crippen LogP contribution in [0.25, 0.3) is 0 Å². The highest BCUT2D eigenvalue weighted by Crippen LogP contribution is 2.25. The summed E-state index contributed by atoms with van der Waals surface area (Å²) >= 11 is 5.51. The zero-order valence-electron chi connectivity index (χ0n) is 5.81. The van der Waals surface area contributed by atoms with Gasteiger partial charge in [-0.3, -0.25) is 0 Å². The molecule has 0 aliphatic carbocycles. The van der Waals surface area contributed by atoms with Gasteiger partial charge in [-0.15, -0.1) is 0 Å². The molecule has 0 spiro atoms. The van der Waals surface area contributed by atoms with Gasteiger partial charge >= 0.3 is 0 Å². The third-order valence-corrected chi connectivity index (χ3v) is 1.80. The predicted octanol–water partition coefficient (Wildman–Crippen LogP) is 2.98. The van der Waals surface area contributed by atoms with Crippen molar-refractivity contribution >= 4 is 11.6 Å². The fourth-order valence-corrected chi connectivity index (χ4v) is 0.926. The SMILES string of the molecule is Cc1c(C(F)F)ccnc1Cl. The molecule has 1 aromatic heterocycles. The Morgan fingerprint density at radius 2 is 2.18 bits per heavy atom. The van der Waals surface area contributed by atoms with Gasteiger partial charge in [0.15, 0.2) is 0 Å². The molecule has 0 bridgehead atoms. The van der Waals surface area contributed by atoms with Crippen LogP contribution in [0.5, 0.6) is 0 Å². The lowest BCUT2D eigenvalue weighted by molar-refractivity contribution is 0.150. The third kappa shape index (κ3) is 1.66. The Labute approximate surface area is 68.0 Å². The minimum atomic E-state index is -2.48. The number of nitrogens with zero attached hydrogens (tertiary/aromatic N) is 1. The van der Waals surface area contributed by atoms with Crippen LogP contribution in [0, 0.1) is 6.92 Å². The Morgan fingerprint density at radius 1 is 1.55 bits per heavy atom. The summed E-state index contributed by atoms with van der Waals surface area (Å²) < 4.78 is 24.2. The molecule has 0 fully saturated rings. The van der Waals surface area contributed by atoms with Crippen molar-refractivity contribution in [1.29, 1.82) is 0 Å². The molecule has 4 heteroatoms. The van der Waals surface area contributed by atoms with Gasteiger partial charge < -0.3 is 0 Å². The van der Waals surface area contributed by atoms with Gasteiger partial charge in [-0.2, -0.15) is 0 Å². The van der Waals surface area contributed by atoms with E-state index in [0.717, 1.165) is 0 Å². The monoisotopic (exact) mass is 177 g/mol. The predicted molar refractivity (Wildman–Crippen MR) is 38.9 cm³/mol. The first-order valence-electron chi connectivity index (χ1n) is 3.02. The molecule has 1 heterocycles. The standard InChI is InChI=1S/C7H6ClF2N/c1-4-5(7(9)10)2-3-11-6(4)8/h2-3,7H,1H3. The van der Waals surface area contributed by atoms with E-state index in [1.807, 2.05) is 0 Å². The minimum Gasteiger partial charge on any atom is -0.244 e. The molecule has 0 saturated carbocycles. The van der Waals surface area contributed by atoms with Crippen molar-refractivity contribution in [3.05, 3.63) is 28.5 Å². The van der Waals surface area contributed by atoms with E-state index in [1.54, 1.807) is 0 Å². The van der Waals surface area contributed by atoms with Crippen molar-refractivity contribution in [3.63, 3.8) is 0 Å². The molecule has 0 radical (unpaired) electrons. The summed E-state index contributed by atoms with van der Waals surface area (Å²) in [5.41, 5.74) is 0.300. The molecular weight excluding hydrogens is 172 g/mol. The quantitative estimate of drug-likeness (QED) is 0.601. The second kappa shape index (κ2) is 3.13. The number of pyridine rings is 1. The van der Waals surface area contributed by atoms with Crippen LogP contribution in [-0.2, 0) is 0 Å². The maximum Gasteiger partial charge on any atom is 0.264 e. The summed E-state index contributed by atoms with van der Waals surface area (Å²) in [4.78, 5) is 3.65. The van der Waals surface area contributed by atoms with Crippen LogP contribution in [-0.4, -0.2) is 4.98 Å². The van der Waals surface area contributed by atoms with Gasteiger partial charge in [-0.1, -0.05) is 11.6 Å². The van der Waals surface area contributed by atoms with Crippen LogP contribution in [0.4, 0.5) is 8.78 Å². The fourth-order valence-electron chi connectivity index (χ4n) is 0.760. The topological polar surface area (TPSA) is 12.9 Å². The first-order chi connectivity index (χ1) is 5.13. The second-order valence-electron chi connectivity index (χ2n) is 2.12. The number of hydrogen-bond acceptors (Lipinski definition) is 1. The van der Waals surface area contributed by atoms with Crippen LogP contribution in [0.1, 0.15) is 17.6 Å². The van der Waals surface area contributed by atoms with E-state index in [-0.39, 0.29) is 10.7 Å². The van der Waals surface area contributed by atoms with E-state index in [1.165, 1.54) is 19.2 Å². The van der Waals surface area contributed by atoms with Crippen molar-refractivity contribution in [2.45, 2.75) is 13.3 Å². The van der Waals surface area contributed by atoms with E-state index in [9.17, 15) is 8.78 Å². The highest BCUT2D eigenvalue weighted by molar-refractivity contribution is 6.30. The Morgan fingerprint density at radius 3 is 2.64 bits per heavy atom. The average molecular weight is 178 g/mol. The molecule has 0 aromatic carbocycles. The first-order valence-corrected chi connectivity index (χ1v) is 3.40. The molecular formula is C7H6ClF2N. The number of hydrogen-bond donors (Lipinski definition) is 0. The van der Waals surface area contributed by atoms with Gasteiger partial charge in [0.25, 0.3) is 6.43 Å². The van der Waals surface area contributed by atoms with E-state index >= 15 is 0 Å². The second-order valence-corrected chi connectivity index (χ2v) is 2.47. The number of aromatic nitrogens is 1. The van der Waals surface area contributed by atoms with E-state index in [4.69, 9.17) is 11.6 Å². The minimum absolute atomic E-state index is 0.0509. The van der Waals surface area contributed by atoms with Gasteiger partial charge in [-0.25, -0.2) is 13.8 Å². The Bertz CT molecular complexity index is 263. The molecule has 1 aromatic rings. The zero-order chi connectivity index (χ0) is 8.43. The molecule has 1 rings (SSSR count). The van der Waals surface area contributed by atoms with Crippen LogP contribution in [0.15, 0.2) is 12.3 Å². The van der Waals surface area contributed by atoms with Crippen LogP contribution >= 0.6 is 11.6 Å². The third-order valence-electron chi connectivity index (χ3n) is 1.42. The molecule has 0 aliphatic heterocycles. The van der Waals surface area contributed by atoms with Crippen LogP contribution < -0.4 is 0 Å². The lowest BCUT2D eigenvalue weighted by Crippen LogP contribution is -1.91. The molecule has 0 atom stereocenters. The molecule has 0 N–H and O–H groups in total. The molecule has 11 heavy (non-hydrogen) atoms. The van der Waals surface area contributed by atoms with Gasteiger partial charge in [0.1, 0.15) is 5.15 Å². The molecule has 0 amide bonds. The van der Waals surface area contributed by atoms with Crippen molar-refractivity contribution in [2.75, 3.05) is 0 Å². The lowest BCUT2D eigenvalue weighted by atomic mass is 10.2. The lowest BCUT2D eigenvalue weighted by Gasteiger charge is -2.03. The summed E-state index contributed by atoms with van der Waals surface area (Å²) in [5, 5.41) is 0.141. The van der Waals surface area contributed by atoms with E-state index < -0.39 is 6.43 Å². The normalized spacial score (nSPS) is 10.6. The van der Waals surface area contributed by atoms with Crippen molar-refractivity contribution in [2.24, 2.45) is 0 Å². The smallest absolute Gasteiger partial charge is 0.244 e. The van der Waals surface area contributed by atoms with Crippen molar-refractivity contribution < 1.29 is 8.78 Å². The van der Waals surface area contributed by atoms with E-state index in [2.05, 4.69) is 4.98 Å². The van der Waals surface area contributed by atoms with E-state index in [0.29, 0.717) is 5.56 Å². The maximum atomic E-state index is 12.1. The van der Waals surface area contributed by atoms with Gasteiger partial charge in [0.05, 0.1) is 0 Å². The molecule has 60 valence electrons. The molecule has 0 unspecified atom stereocenters. The average Bonchev–Trinajstić information content (AvgIpc) is 1.94. The van der Waals surface area contributed by atoms with Gasteiger partial charge in [0.2, 0.25) is 0 Å². The highest BCUT2D eigenvalue weighted by Gasteiger charge is 2.11. The first kappa shape index (κ1) is 8.40. The Balaban J connectivity index is 3.17. The molecule has 0 aliphatic rings. The molecule has 0 saturated heterocycles. The van der Waals surface area contributed by atoms with Crippen molar-refractivity contribution in [3.8, 4) is 0 Å². The summed E-state index contributed by atoms with van der Waals surface area (Å²) in [7, 11) is 0. The molecule has 1 nitrogen and oxygen atoms in total. The zero-order valence-corrected chi connectivity index (χ0v) is 6.57. The Hall–Kier alpha value is -0.700. The highest BCUT2D eigenvalue weighted by atomic mass is 35.5. The summed E-state index contributed by atoms with van der Waals surface area (Å²) in [5.74, 6) is 0. The fraction of sp³-hybridized carbons (Fsp3) is 0.286. The summed E-state index contributed by atoms with van der Waals surface area (Å²) in [6.45, 7) is 1.52. The Kier molecular flexibility index (Phi) is 2.39. The van der Waals surface area contributed by atoms with Crippen LogP contribution in [0.2, 0.25) is 5.15 Å². The van der Waals surface area contributed by atoms with Crippen molar-refractivity contribution in [1.82, 2.24) is 4.98 Å². The van der Waals surface area contributed by atoms with Gasteiger partial charge in [-0.05, 0) is 18.6 Å². The number of alkyl halides is 2. The van der Waals surface area contributed by atoms with Gasteiger partial charge in [0, 0.05) is 11.8 Å². The largest absolute Gasteiger partial charge is 0.264 e. The number of rotatable bonds is 1. The number of halogens is 3. The summed E-state index contributed by atoms with van der Waals surface area (Å²) in [6.07, 6.45) is -1.20. The van der Waals surface area contributed by atoms with Crippen LogP contribution in [0.3, 0.4) is 0 Å². The maximum absolute atomic E-state index is 12.1.